The van der Waals surface area contributed by atoms with E-state index in [0.717, 1.165) is 0 Å². The summed E-state index contributed by atoms with van der Waals surface area (Å²) in [5, 5.41) is 0. The van der Waals surface area contributed by atoms with Gasteiger partial charge in [0, 0.05) is 27.3 Å². The fourth-order valence-corrected chi connectivity index (χ4v) is 6.46. The number of benzene rings is 2. The van der Waals surface area contributed by atoms with Crippen LogP contribution in [-0.2, 0) is 40.7 Å². The van der Waals surface area contributed by atoms with Gasteiger partial charge in [0.25, 0.3) is 0 Å². The Morgan fingerprint density at radius 3 is 1.63 bits per heavy atom. The molecule has 4 heterocycles. The van der Waals surface area contributed by atoms with Crippen molar-refractivity contribution in [3.8, 4) is 11.5 Å². The smallest absolute Gasteiger partial charge is 0.404 e. The molecule has 0 fully saturated rings. The zero-order valence-electron chi connectivity index (χ0n) is 27.7. The number of fused-ring (bicyclic) bond motifs is 2. The van der Waals surface area contributed by atoms with Crippen molar-refractivity contribution in [1.82, 2.24) is 39.0 Å². The van der Waals surface area contributed by atoms with Crippen molar-refractivity contribution in [3.05, 3.63) is 79.6 Å². The molecule has 2 aromatic carbocycles. The van der Waals surface area contributed by atoms with Gasteiger partial charge < -0.3 is 53.9 Å². The van der Waals surface area contributed by atoms with E-state index in [2.05, 4.69) is 29.9 Å². The summed E-state index contributed by atoms with van der Waals surface area (Å²) in [5.41, 5.74) is 19.3. The Morgan fingerprint density at radius 1 is 0.627 bits per heavy atom. The van der Waals surface area contributed by atoms with Crippen molar-refractivity contribution in [2.75, 3.05) is 57.3 Å². The highest BCUT2D eigenvalue weighted by atomic mass is 31.2. The van der Waals surface area contributed by atoms with Gasteiger partial charge in [0.05, 0.1) is 25.9 Å². The van der Waals surface area contributed by atoms with Gasteiger partial charge in [-0.1, -0.05) is 36.4 Å². The van der Waals surface area contributed by atoms with Gasteiger partial charge in [0.15, 0.2) is 35.6 Å². The lowest BCUT2D eigenvalue weighted by atomic mass is 10.3. The highest BCUT2D eigenvalue weighted by Crippen LogP contribution is 2.48. The minimum atomic E-state index is -3.41. The maximum Gasteiger partial charge on any atom is 0.404 e. The molecule has 0 saturated heterocycles. The monoisotopic (exact) mass is 741 g/mol. The molecule has 6 N–H and O–H groups in total. The van der Waals surface area contributed by atoms with Crippen LogP contribution in [0.5, 0.6) is 11.5 Å². The topological polar surface area (TPSA) is 255 Å². The Hall–Kier alpha value is -5.16. The molecule has 0 aliphatic heterocycles. The number of ether oxygens (including phenoxy) is 2. The Balaban J connectivity index is 0.000000198. The highest BCUT2D eigenvalue weighted by Gasteiger charge is 2.26. The van der Waals surface area contributed by atoms with E-state index in [1.807, 2.05) is 12.1 Å². The fourth-order valence-electron chi connectivity index (χ4n) is 4.40. The molecule has 4 aromatic heterocycles. The van der Waals surface area contributed by atoms with E-state index >= 15 is 0 Å². The average molecular weight is 742 g/mol. The fraction of sp³-hybridized carbons (Fsp3) is 0.267. The van der Waals surface area contributed by atoms with Crippen LogP contribution < -0.4 is 26.2 Å². The number of rotatable bonds is 16. The van der Waals surface area contributed by atoms with Crippen LogP contribution in [0.3, 0.4) is 0 Å². The molecule has 270 valence electrons. The largest absolute Gasteiger partial charge is 0.423 e. The molecule has 0 aliphatic carbocycles. The number of imidazole rings is 2. The summed E-state index contributed by atoms with van der Waals surface area (Å²) in [5.74, 6) is 1.52. The van der Waals surface area contributed by atoms with Crippen molar-refractivity contribution in [2.45, 2.75) is 13.1 Å². The summed E-state index contributed by atoms with van der Waals surface area (Å²) in [7, 11) is -4.13. The summed E-state index contributed by atoms with van der Waals surface area (Å²) in [6.07, 6.45) is 4.19. The number of nitrogens with two attached hydrogens (primary N) is 3. The normalized spacial score (nSPS) is 13.6. The van der Waals surface area contributed by atoms with Crippen molar-refractivity contribution in [3.63, 3.8) is 0 Å². The molecule has 0 aliphatic rings. The third-order valence-corrected chi connectivity index (χ3v) is 10.0. The molecule has 6 aromatic rings. The van der Waals surface area contributed by atoms with Crippen LogP contribution in [0, 0.1) is 0 Å². The summed E-state index contributed by atoms with van der Waals surface area (Å²) < 4.78 is 60.5. The van der Waals surface area contributed by atoms with E-state index in [1.54, 1.807) is 70.3 Å². The summed E-state index contributed by atoms with van der Waals surface area (Å²) in [6, 6.07) is 17.6. The number of nitrogen functional groups attached to an aromatic ring is 3. The van der Waals surface area contributed by atoms with Crippen molar-refractivity contribution in [1.29, 1.82) is 0 Å². The molecule has 6 rings (SSSR count). The van der Waals surface area contributed by atoms with Gasteiger partial charge in [-0.05, 0) is 24.3 Å². The highest BCUT2D eigenvalue weighted by molar-refractivity contribution is 7.54. The van der Waals surface area contributed by atoms with E-state index in [9.17, 15) is 9.13 Å². The number of anilines is 3. The van der Waals surface area contributed by atoms with Gasteiger partial charge in [0.2, 0.25) is 5.95 Å². The SMILES string of the molecule is COP(=O)(COCCn1cnc2c(N)nc(N)nc21)Oc1ccccc1.COP(=O)(COCCn1cnc2c(N)ncnc21)Oc1ccccc1. The minimum Gasteiger partial charge on any atom is -0.423 e. The Bertz CT molecular complexity index is 2120. The van der Waals surface area contributed by atoms with Gasteiger partial charge in [-0.2, -0.15) is 9.97 Å². The van der Waals surface area contributed by atoms with Gasteiger partial charge in [-0.15, -0.1) is 0 Å². The molecule has 19 nitrogen and oxygen atoms in total. The summed E-state index contributed by atoms with van der Waals surface area (Å²) >= 11 is 0. The van der Waals surface area contributed by atoms with Gasteiger partial charge in [-0.25, -0.2) is 29.1 Å². The maximum absolute atomic E-state index is 12.6. The molecule has 51 heavy (non-hydrogen) atoms. The van der Waals surface area contributed by atoms with Gasteiger partial charge in [0.1, 0.15) is 28.9 Å². The van der Waals surface area contributed by atoms with Crippen LogP contribution in [0.25, 0.3) is 22.3 Å². The number of hydrogen-bond donors (Lipinski definition) is 3. The Kier molecular flexibility index (Phi) is 12.5. The summed E-state index contributed by atoms with van der Waals surface area (Å²) in [4.78, 5) is 24.4. The third kappa shape index (κ3) is 9.97. The Morgan fingerprint density at radius 2 is 1.12 bits per heavy atom. The van der Waals surface area contributed by atoms with Crippen LogP contribution in [0.1, 0.15) is 0 Å². The molecule has 0 bridgehead atoms. The predicted octanol–water partition coefficient (Wildman–Crippen LogP) is 4.18. The van der Waals surface area contributed by atoms with Gasteiger partial charge in [-0.3, -0.25) is 0 Å². The quantitative estimate of drug-likeness (QED) is 0.0928. The zero-order valence-corrected chi connectivity index (χ0v) is 29.5. The second-order valence-corrected chi connectivity index (χ2v) is 14.5. The first kappa shape index (κ1) is 37.1. The second-order valence-electron chi connectivity index (χ2n) is 10.4. The zero-order chi connectivity index (χ0) is 36.3. The number of aromatic nitrogens is 8. The van der Waals surface area contributed by atoms with Crippen molar-refractivity contribution < 1.29 is 36.7 Å². The first-order chi connectivity index (χ1) is 24.6. The molecule has 0 amide bonds. The molecule has 0 spiro atoms. The minimum absolute atomic E-state index is 0.0674. The number of nitrogens with zero attached hydrogens (tertiary/aromatic N) is 8. The lowest BCUT2D eigenvalue weighted by Crippen LogP contribution is -2.10. The van der Waals surface area contributed by atoms with Crippen LogP contribution in [-0.4, -0.2) is 79.2 Å². The predicted molar refractivity (Wildman–Crippen MR) is 189 cm³/mol. The molecule has 0 saturated carbocycles. The van der Waals surface area contributed by atoms with E-state index in [0.29, 0.717) is 52.7 Å². The summed E-state index contributed by atoms with van der Waals surface area (Å²) in [6.45, 7) is 1.38. The number of para-hydroxylation sites is 2. The van der Waals surface area contributed by atoms with Gasteiger partial charge >= 0.3 is 15.2 Å². The van der Waals surface area contributed by atoms with Crippen LogP contribution in [0.2, 0.25) is 0 Å². The van der Waals surface area contributed by atoms with Crippen LogP contribution in [0.15, 0.2) is 79.6 Å². The van der Waals surface area contributed by atoms with Crippen molar-refractivity contribution >= 4 is 55.1 Å². The average Bonchev–Trinajstić information content (AvgIpc) is 3.75. The van der Waals surface area contributed by atoms with Crippen LogP contribution >= 0.6 is 15.2 Å². The maximum atomic E-state index is 12.6. The first-order valence-electron chi connectivity index (χ1n) is 15.2. The standard InChI is InChI=1S/C15H19N6O4P.C15H18N5O4P/c1-23-26(22,25-11-5-3-2-4-6-11)10-24-8-7-21-9-18-12-13(16)19-15(17)20-14(12)21;1-22-25(21,24-12-5-3-2-4-6-12)11-23-8-7-20-10-19-13-14(16)17-9-18-15(13)20/h2-6,9H,7-8,10H2,1H3,(H4,16,17,19,20);2-6,9-10H,7-8,11H2,1H3,(H2,16,17,18). The third-order valence-electron chi connectivity index (χ3n) is 6.92. The lowest BCUT2D eigenvalue weighted by molar-refractivity contribution is 0.146. The molecular formula is C30H37N11O8P2. The van der Waals surface area contributed by atoms with E-state index < -0.39 is 15.2 Å². The Labute approximate surface area is 292 Å². The first-order valence-corrected chi connectivity index (χ1v) is 18.7. The molecule has 21 heteroatoms. The van der Waals surface area contributed by atoms with E-state index in [1.165, 1.54) is 20.5 Å². The number of hydrogen-bond acceptors (Lipinski definition) is 17. The lowest BCUT2D eigenvalue weighted by Gasteiger charge is -2.17. The molecule has 0 radical (unpaired) electrons. The van der Waals surface area contributed by atoms with E-state index in [-0.39, 0.29) is 37.7 Å². The van der Waals surface area contributed by atoms with Crippen LogP contribution in [0.4, 0.5) is 17.6 Å². The molecular weight excluding hydrogens is 704 g/mol. The second kappa shape index (κ2) is 17.2. The van der Waals surface area contributed by atoms with E-state index in [4.69, 9.17) is 44.8 Å². The van der Waals surface area contributed by atoms with Crippen molar-refractivity contribution in [2.24, 2.45) is 0 Å². The molecule has 2 atom stereocenters. The molecule has 2 unspecified atom stereocenters.